The maximum atomic E-state index is 3.79. The molecule has 0 bridgehead atoms. The van der Waals surface area contributed by atoms with Gasteiger partial charge in [-0.05, 0) is 0 Å². The first-order chi connectivity index (χ1) is 6.79. The van der Waals surface area contributed by atoms with Gasteiger partial charge in [0.25, 0.3) is 0 Å². The molecule has 2 heterocycles. The number of fused-ring (bicyclic) bond motifs is 2. The van der Waals surface area contributed by atoms with Crippen LogP contribution in [0.4, 0.5) is 0 Å². The smallest absolute Gasteiger partial charge is 0.0503 e. The molecule has 0 aromatic carbocycles. The quantitative estimate of drug-likeness (QED) is 0.267. The molecular formula is C6H10BrIN4S2. The zero-order valence-corrected chi connectivity index (χ0v) is 12.4. The van der Waals surface area contributed by atoms with Gasteiger partial charge in [-0.1, -0.05) is 38.5 Å². The Balaban J connectivity index is 1.88. The van der Waals surface area contributed by atoms with E-state index in [1.54, 1.807) is 24.3 Å². The van der Waals surface area contributed by atoms with Gasteiger partial charge in [-0.2, -0.15) is 0 Å². The van der Waals surface area contributed by atoms with Crippen LogP contribution in [0, 0.1) is 0 Å². The molecule has 4 atom stereocenters. The Morgan fingerprint density at radius 1 is 0.857 bits per heavy atom. The second-order valence-electron chi connectivity index (χ2n) is 3.67. The third-order valence-corrected chi connectivity index (χ3v) is 7.17. The molecule has 4 nitrogen and oxygen atoms in total. The normalized spacial score (nSPS) is 57.0. The van der Waals surface area contributed by atoms with Gasteiger partial charge in [0.15, 0.2) is 0 Å². The van der Waals surface area contributed by atoms with Crippen molar-refractivity contribution in [3.8, 4) is 0 Å². The molecule has 0 amide bonds. The molecule has 3 rings (SSSR count). The van der Waals surface area contributed by atoms with E-state index in [0.717, 1.165) is 0 Å². The van der Waals surface area contributed by atoms with E-state index in [0.29, 0.717) is 32.9 Å². The third kappa shape index (κ3) is 1.57. The van der Waals surface area contributed by atoms with Crippen molar-refractivity contribution in [3.05, 3.63) is 0 Å². The van der Waals surface area contributed by atoms with Gasteiger partial charge in [0.2, 0.25) is 0 Å². The molecule has 8 heteroatoms. The number of halogens is 2. The second-order valence-corrected chi connectivity index (χ2v) is 7.51. The molecule has 0 radical (unpaired) electrons. The summed E-state index contributed by atoms with van der Waals surface area (Å²) in [6.45, 7) is 0. The topological polar surface area (TPSA) is 48.1 Å². The Hall–Kier alpha value is 1.75. The van der Waals surface area contributed by atoms with Gasteiger partial charge in [-0.3, -0.25) is 0 Å². The lowest BCUT2D eigenvalue weighted by Gasteiger charge is -2.40. The van der Waals surface area contributed by atoms with E-state index in [-0.39, 0.29) is 0 Å². The molecule has 3 aliphatic rings. The van der Waals surface area contributed by atoms with Gasteiger partial charge < -0.3 is 0 Å². The molecule has 2 saturated heterocycles. The largest absolute Gasteiger partial charge is 0.245 e. The molecule has 4 unspecified atom stereocenters. The maximum absolute atomic E-state index is 3.79. The molecule has 0 spiro atoms. The Kier molecular flexibility index (Phi) is 3.27. The summed E-state index contributed by atoms with van der Waals surface area (Å²) in [4.78, 5) is 0.480. The lowest BCUT2D eigenvalue weighted by Crippen LogP contribution is -2.65. The van der Waals surface area contributed by atoms with Gasteiger partial charge in [-0.25, -0.2) is 18.9 Å². The standard InChI is InChI=1S/C6H10BrIN4S2/c7-1-3-5(11-13-9-3)2(8)6-4(1)10-14-12-6/h1-6,9-12H. The van der Waals surface area contributed by atoms with Crippen molar-refractivity contribution in [2.24, 2.45) is 0 Å². The summed E-state index contributed by atoms with van der Waals surface area (Å²) < 4.78 is 14.4. The Bertz CT molecular complexity index is 204. The van der Waals surface area contributed by atoms with Crippen molar-refractivity contribution in [2.75, 3.05) is 0 Å². The fourth-order valence-corrected chi connectivity index (χ4v) is 7.00. The van der Waals surface area contributed by atoms with Crippen LogP contribution >= 0.6 is 62.8 Å². The summed E-state index contributed by atoms with van der Waals surface area (Å²) in [5, 5.41) is 0. The van der Waals surface area contributed by atoms with E-state index < -0.39 is 0 Å². The van der Waals surface area contributed by atoms with Gasteiger partial charge >= 0.3 is 0 Å². The number of hydrogen-bond donors (Lipinski definition) is 4. The first-order valence-electron chi connectivity index (χ1n) is 4.41. The molecule has 2 aliphatic heterocycles. The van der Waals surface area contributed by atoms with Crippen molar-refractivity contribution >= 4 is 62.8 Å². The zero-order chi connectivity index (χ0) is 9.71. The van der Waals surface area contributed by atoms with E-state index in [2.05, 4.69) is 57.4 Å². The summed E-state index contributed by atoms with van der Waals surface area (Å²) in [5.41, 5.74) is 0. The Morgan fingerprint density at radius 2 is 1.29 bits per heavy atom. The van der Waals surface area contributed by atoms with Crippen LogP contribution < -0.4 is 18.9 Å². The average molecular weight is 409 g/mol. The number of hydrogen-bond acceptors (Lipinski definition) is 6. The average Bonchev–Trinajstić information content (AvgIpc) is 2.82. The van der Waals surface area contributed by atoms with Crippen molar-refractivity contribution in [1.82, 2.24) is 18.9 Å². The molecule has 1 saturated carbocycles. The van der Waals surface area contributed by atoms with Gasteiger partial charge in [-0.15, -0.1) is 0 Å². The number of nitrogens with one attached hydrogen (secondary N) is 4. The molecule has 4 N–H and O–H groups in total. The highest BCUT2D eigenvalue weighted by molar-refractivity contribution is 14.1. The van der Waals surface area contributed by atoms with E-state index >= 15 is 0 Å². The lowest BCUT2D eigenvalue weighted by atomic mass is 9.84. The van der Waals surface area contributed by atoms with E-state index in [9.17, 15) is 0 Å². The molecule has 0 aromatic rings. The first kappa shape index (κ1) is 10.9. The van der Waals surface area contributed by atoms with Crippen molar-refractivity contribution in [1.29, 1.82) is 0 Å². The molecule has 1 aliphatic carbocycles. The second kappa shape index (κ2) is 4.21. The minimum absolute atomic E-state index is 0.480. The fourth-order valence-electron chi connectivity index (χ4n) is 2.13. The van der Waals surface area contributed by atoms with Crippen LogP contribution in [-0.2, 0) is 0 Å². The predicted octanol–water partition coefficient (Wildman–Crippen LogP) is 0.554. The highest BCUT2D eigenvalue weighted by atomic mass is 127. The van der Waals surface area contributed by atoms with E-state index in [4.69, 9.17) is 0 Å². The van der Waals surface area contributed by atoms with Gasteiger partial charge in [0.1, 0.15) is 0 Å². The summed E-state index contributed by atoms with van der Waals surface area (Å²) >= 11 is 9.60. The molecular weight excluding hydrogens is 399 g/mol. The summed E-state index contributed by atoms with van der Waals surface area (Å²) in [6.07, 6.45) is 0. The summed E-state index contributed by atoms with van der Waals surface area (Å²) in [7, 11) is 0. The molecule has 3 fully saturated rings. The van der Waals surface area contributed by atoms with Crippen molar-refractivity contribution in [2.45, 2.75) is 32.9 Å². The Morgan fingerprint density at radius 3 is 1.79 bits per heavy atom. The van der Waals surface area contributed by atoms with Gasteiger partial charge in [0.05, 0.1) is 4.83 Å². The first-order valence-corrected chi connectivity index (χ1v) is 8.20. The third-order valence-electron chi connectivity index (χ3n) is 2.93. The number of alkyl halides is 2. The predicted molar refractivity (Wildman–Crippen MR) is 73.4 cm³/mol. The van der Waals surface area contributed by atoms with E-state index in [1.807, 2.05) is 0 Å². The van der Waals surface area contributed by atoms with Crippen LogP contribution in [0.2, 0.25) is 0 Å². The van der Waals surface area contributed by atoms with Crippen LogP contribution in [-0.4, -0.2) is 32.9 Å². The SMILES string of the molecule is BrC1C2NSNC2C(I)C2NSNC12. The van der Waals surface area contributed by atoms with Crippen molar-refractivity contribution < 1.29 is 0 Å². The van der Waals surface area contributed by atoms with Crippen molar-refractivity contribution in [3.63, 3.8) is 0 Å². The highest BCUT2D eigenvalue weighted by Crippen LogP contribution is 2.38. The highest BCUT2D eigenvalue weighted by Gasteiger charge is 2.53. The fraction of sp³-hybridized carbons (Fsp3) is 1.00. The lowest BCUT2D eigenvalue weighted by molar-refractivity contribution is 0.326. The summed E-state index contributed by atoms with van der Waals surface area (Å²) in [6, 6.07) is 2.10. The maximum Gasteiger partial charge on any atom is 0.0503 e. The van der Waals surface area contributed by atoms with Crippen LogP contribution in [0.15, 0.2) is 0 Å². The van der Waals surface area contributed by atoms with Crippen LogP contribution in [0.25, 0.3) is 0 Å². The summed E-state index contributed by atoms with van der Waals surface area (Å²) in [5.74, 6) is 0. The monoisotopic (exact) mass is 408 g/mol. The van der Waals surface area contributed by atoms with E-state index in [1.165, 1.54) is 0 Å². The van der Waals surface area contributed by atoms with Crippen LogP contribution in [0.1, 0.15) is 0 Å². The Labute approximate surface area is 114 Å². The molecule has 80 valence electrons. The van der Waals surface area contributed by atoms with Crippen LogP contribution in [0.3, 0.4) is 0 Å². The molecule has 14 heavy (non-hydrogen) atoms. The zero-order valence-electron chi connectivity index (χ0n) is 7.04. The minimum atomic E-state index is 0.480. The van der Waals surface area contributed by atoms with Gasteiger partial charge in [0, 0.05) is 52.4 Å². The molecule has 0 aromatic heterocycles. The van der Waals surface area contributed by atoms with Crippen LogP contribution in [0.5, 0.6) is 0 Å². The number of rotatable bonds is 0. The minimum Gasteiger partial charge on any atom is -0.245 e.